The number of halogens is 1. The summed E-state index contributed by atoms with van der Waals surface area (Å²) < 4.78 is 12.5. The molecule has 4 N–H and O–H groups in total. The van der Waals surface area contributed by atoms with Crippen LogP contribution in [-0.2, 0) is 6.42 Å². The number of hydrogen-bond acceptors (Lipinski definition) is 3. The summed E-state index contributed by atoms with van der Waals surface area (Å²) in [6, 6.07) is 2.96. The van der Waals surface area contributed by atoms with Gasteiger partial charge in [-0.1, -0.05) is 0 Å². The second-order valence-electron chi connectivity index (χ2n) is 2.26. The number of nitrogens with two attached hydrogens (primary N) is 2. The first-order valence-electron chi connectivity index (χ1n) is 3.34. The van der Waals surface area contributed by atoms with Crippen LogP contribution in [-0.4, -0.2) is 11.5 Å². The Kier molecular flexibility index (Phi) is 2.38. The Labute approximate surface area is 64.2 Å². The van der Waals surface area contributed by atoms with Crippen molar-refractivity contribution < 1.29 is 4.39 Å². The lowest BCUT2D eigenvalue weighted by Crippen LogP contribution is -2.04. The smallest absolute Gasteiger partial charge is 0.215 e. The molecule has 0 aliphatic heterocycles. The molecule has 1 heterocycles. The molecule has 0 spiro atoms. The zero-order chi connectivity index (χ0) is 8.27. The van der Waals surface area contributed by atoms with Crippen molar-refractivity contribution in [2.24, 2.45) is 5.73 Å². The predicted octanol–water partition coefficient (Wildman–Crippen LogP) is 0.304. The molecule has 1 aromatic heterocycles. The Morgan fingerprint density at radius 2 is 2.18 bits per heavy atom. The summed E-state index contributed by atoms with van der Waals surface area (Å²) in [5.41, 5.74) is 11.4. The summed E-state index contributed by atoms with van der Waals surface area (Å²) in [4.78, 5) is 3.39. The molecule has 0 aliphatic rings. The van der Waals surface area contributed by atoms with E-state index >= 15 is 0 Å². The van der Waals surface area contributed by atoms with Crippen molar-refractivity contribution in [2.75, 3.05) is 12.3 Å². The predicted molar refractivity (Wildman–Crippen MR) is 41.4 cm³/mol. The second-order valence-corrected chi connectivity index (χ2v) is 2.26. The fourth-order valence-electron chi connectivity index (χ4n) is 0.883. The quantitative estimate of drug-likeness (QED) is 0.604. The average Bonchev–Trinajstić information content (AvgIpc) is 1.85. The van der Waals surface area contributed by atoms with Gasteiger partial charge in [-0.25, -0.2) is 4.98 Å². The van der Waals surface area contributed by atoms with E-state index in [2.05, 4.69) is 4.98 Å². The minimum atomic E-state index is -0.548. The highest BCUT2D eigenvalue weighted by Crippen LogP contribution is 2.06. The van der Waals surface area contributed by atoms with Gasteiger partial charge in [0.15, 0.2) is 0 Å². The Morgan fingerprint density at radius 3 is 2.73 bits per heavy atom. The summed E-state index contributed by atoms with van der Waals surface area (Å²) in [7, 11) is 0. The van der Waals surface area contributed by atoms with Crippen molar-refractivity contribution in [3.05, 3.63) is 23.6 Å². The monoisotopic (exact) mass is 155 g/mol. The Bertz CT molecular complexity index is 229. The molecule has 11 heavy (non-hydrogen) atoms. The first kappa shape index (κ1) is 7.94. The lowest BCUT2D eigenvalue weighted by Gasteiger charge is -1.99. The van der Waals surface area contributed by atoms with Crippen LogP contribution in [0.4, 0.5) is 10.2 Å². The van der Waals surface area contributed by atoms with Gasteiger partial charge >= 0.3 is 0 Å². The standard InChI is InChI=1S/C7H10FN3/c8-6-3-5(1-2-9)4-7(10)11-6/h3-4H,1-2,9H2,(H2,10,11). The minimum Gasteiger partial charge on any atom is -0.384 e. The van der Waals surface area contributed by atoms with Crippen LogP contribution in [0.5, 0.6) is 0 Å². The number of nitrogens with zero attached hydrogens (tertiary/aromatic N) is 1. The summed E-state index contributed by atoms with van der Waals surface area (Å²) in [6.45, 7) is 0.489. The highest BCUT2D eigenvalue weighted by molar-refractivity contribution is 5.32. The van der Waals surface area contributed by atoms with Crippen LogP contribution in [0, 0.1) is 5.95 Å². The van der Waals surface area contributed by atoms with Gasteiger partial charge in [0.25, 0.3) is 0 Å². The maximum absolute atomic E-state index is 12.5. The molecule has 0 atom stereocenters. The Hall–Kier alpha value is -1.16. The molecule has 4 heteroatoms. The number of rotatable bonds is 2. The van der Waals surface area contributed by atoms with Gasteiger partial charge in [0.05, 0.1) is 0 Å². The lowest BCUT2D eigenvalue weighted by atomic mass is 10.2. The van der Waals surface area contributed by atoms with E-state index < -0.39 is 5.95 Å². The van der Waals surface area contributed by atoms with Gasteiger partial charge in [-0.05, 0) is 30.7 Å². The van der Waals surface area contributed by atoms with E-state index in [9.17, 15) is 4.39 Å². The third-order valence-electron chi connectivity index (χ3n) is 1.31. The summed E-state index contributed by atoms with van der Waals surface area (Å²) in [5, 5.41) is 0. The molecule has 0 aliphatic carbocycles. The molecule has 0 fully saturated rings. The molecule has 0 saturated heterocycles. The topological polar surface area (TPSA) is 64.9 Å². The van der Waals surface area contributed by atoms with Crippen LogP contribution in [0.25, 0.3) is 0 Å². The molecule has 3 nitrogen and oxygen atoms in total. The molecule has 0 radical (unpaired) electrons. The van der Waals surface area contributed by atoms with Crippen molar-refractivity contribution in [1.82, 2.24) is 4.98 Å². The Balaban J connectivity index is 2.89. The largest absolute Gasteiger partial charge is 0.384 e. The van der Waals surface area contributed by atoms with Crippen LogP contribution < -0.4 is 11.5 Å². The van der Waals surface area contributed by atoms with Gasteiger partial charge < -0.3 is 11.5 Å². The molecule has 0 aromatic carbocycles. The summed E-state index contributed by atoms with van der Waals surface area (Å²) >= 11 is 0. The van der Waals surface area contributed by atoms with E-state index in [-0.39, 0.29) is 5.82 Å². The maximum atomic E-state index is 12.5. The van der Waals surface area contributed by atoms with Gasteiger partial charge in [-0.3, -0.25) is 0 Å². The van der Waals surface area contributed by atoms with Crippen molar-refractivity contribution in [2.45, 2.75) is 6.42 Å². The molecule has 1 aromatic rings. The molecular formula is C7H10FN3. The first-order chi connectivity index (χ1) is 5.22. The fraction of sp³-hybridized carbons (Fsp3) is 0.286. The van der Waals surface area contributed by atoms with Crippen molar-refractivity contribution in [1.29, 1.82) is 0 Å². The van der Waals surface area contributed by atoms with Crippen LogP contribution in [0.1, 0.15) is 5.56 Å². The van der Waals surface area contributed by atoms with Crippen molar-refractivity contribution in [3.63, 3.8) is 0 Å². The van der Waals surface area contributed by atoms with Gasteiger partial charge in [0.1, 0.15) is 5.82 Å². The molecule has 0 bridgehead atoms. The molecular weight excluding hydrogens is 145 g/mol. The van der Waals surface area contributed by atoms with Crippen molar-refractivity contribution in [3.8, 4) is 0 Å². The van der Waals surface area contributed by atoms with E-state index in [0.717, 1.165) is 5.56 Å². The third kappa shape index (κ3) is 2.16. The van der Waals surface area contributed by atoms with Crippen LogP contribution >= 0.6 is 0 Å². The van der Waals surface area contributed by atoms with Gasteiger partial charge in [0.2, 0.25) is 5.95 Å². The van der Waals surface area contributed by atoms with E-state index in [1.54, 1.807) is 6.07 Å². The maximum Gasteiger partial charge on any atom is 0.215 e. The van der Waals surface area contributed by atoms with Gasteiger partial charge in [-0.15, -0.1) is 0 Å². The highest BCUT2D eigenvalue weighted by Gasteiger charge is 1.97. The number of pyridine rings is 1. The van der Waals surface area contributed by atoms with Gasteiger partial charge in [0, 0.05) is 0 Å². The number of aromatic nitrogens is 1. The molecule has 0 amide bonds. The molecule has 1 rings (SSSR count). The zero-order valence-electron chi connectivity index (χ0n) is 6.05. The number of anilines is 1. The Morgan fingerprint density at radius 1 is 1.45 bits per heavy atom. The lowest BCUT2D eigenvalue weighted by molar-refractivity contribution is 0.583. The zero-order valence-corrected chi connectivity index (χ0v) is 6.05. The first-order valence-corrected chi connectivity index (χ1v) is 3.34. The van der Waals surface area contributed by atoms with Gasteiger partial charge in [-0.2, -0.15) is 4.39 Å². The third-order valence-corrected chi connectivity index (χ3v) is 1.31. The van der Waals surface area contributed by atoms with E-state index in [1.807, 2.05) is 0 Å². The van der Waals surface area contributed by atoms with Crippen LogP contribution in [0.15, 0.2) is 12.1 Å². The molecule has 0 unspecified atom stereocenters. The van der Waals surface area contributed by atoms with E-state index in [0.29, 0.717) is 13.0 Å². The second kappa shape index (κ2) is 3.30. The highest BCUT2D eigenvalue weighted by atomic mass is 19.1. The fourth-order valence-corrected chi connectivity index (χ4v) is 0.883. The summed E-state index contributed by atoms with van der Waals surface area (Å²) in [5.74, 6) is -0.345. The SMILES string of the molecule is NCCc1cc(N)nc(F)c1. The average molecular weight is 155 g/mol. The van der Waals surface area contributed by atoms with E-state index in [1.165, 1.54) is 6.07 Å². The van der Waals surface area contributed by atoms with Crippen LogP contribution in [0.3, 0.4) is 0 Å². The molecule has 0 saturated carbocycles. The molecule has 60 valence electrons. The number of hydrogen-bond donors (Lipinski definition) is 2. The van der Waals surface area contributed by atoms with E-state index in [4.69, 9.17) is 11.5 Å². The minimum absolute atomic E-state index is 0.202. The normalized spacial score (nSPS) is 10.0. The van der Waals surface area contributed by atoms with Crippen LogP contribution in [0.2, 0.25) is 0 Å². The number of nitrogen functional groups attached to an aromatic ring is 1. The van der Waals surface area contributed by atoms with Crippen molar-refractivity contribution >= 4 is 5.82 Å². The summed E-state index contributed by atoms with van der Waals surface area (Å²) in [6.07, 6.45) is 0.629.